The Balaban J connectivity index is 2.15. The molecule has 19 heavy (non-hydrogen) atoms. The van der Waals surface area contributed by atoms with E-state index < -0.39 is 0 Å². The van der Waals surface area contributed by atoms with Gasteiger partial charge in [0.15, 0.2) is 0 Å². The molecule has 1 amide bonds. The molecule has 1 saturated carbocycles. The van der Waals surface area contributed by atoms with Gasteiger partial charge in [0.2, 0.25) is 0 Å². The Hall–Kier alpha value is -1.07. The minimum atomic E-state index is 0.0114. The topological polar surface area (TPSA) is 66.6 Å². The van der Waals surface area contributed by atoms with Gasteiger partial charge >= 0.3 is 0 Å². The van der Waals surface area contributed by atoms with Crippen LogP contribution < -0.4 is 5.73 Å². The van der Waals surface area contributed by atoms with E-state index in [4.69, 9.17) is 10.8 Å². The second-order valence-corrected chi connectivity index (χ2v) is 5.75. The maximum Gasteiger partial charge on any atom is 0.254 e. The lowest BCUT2D eigenvalue weighted by molar-refractivity contribution is 0.0562. The van der Waals surface area contributed by atoms with Gasteiger partial charge in [-0.1, -0.05) is 0 Å². The fourth-order valence-electron chi connectivity index (χ4n) is 2.23. The van der Waals surface area contributed by atoms with Crippen molar-refractivity contribution < 1.29 is 9.90 Å². The molecule has 0 radical (unpaired) electrons. The second-order valence-electron chi connectivity index (χ2n) is 4.90. The first-order valence-electron chi connectivity index (χ1n) is 6.60. The van der Waals surface area contributed by atoms with E-state index in [0.29, 0.717) is 30.3 Å². The predicted octanol–water partition coefficient (Wildman–Crippen LogP) is 2.41. The number of aliphatic hydroxyl groups is 1. The van der Waals surface area contributed by atoms with Crippen molar-refractivity contribution in [3.63, 3.8) is 0 Å². The van der Waals surface area contributed by atoms with Gasteiger partial charge in [0.25, 0.3) is 5.91 Å². The zero-order valence-electron chi connectivity index (χ0n) is 10.8. The maximum absolute atomic E-state index is 12.5. The largest absolute Gasteiger partial charge is 0.398 e. The molecule has 0 atom stereocenters. The lowest BCUT2D eigenvalue weighted by atomic mass is 9.90. The number of halogens is 1. The molecule has 1 aliphatic carbocycles. The number of carbonyl (C=O) groups is 1. The summed E-state index contributed by atoms with van der Waals surface area (Å²) in [5.41, 5.74) is 7.01. The van der Waals surface area contributed by atoms with Crippen LogP contribution in [-0.2, 0) is 0 Å². The third kappa shape index (κ3) is 3.28. The molecule has 1 aromatic rings. The number of nitrogen functional groups attached to an aromatic ring is 1. The number of carbonyl (C=O) groups excluding carboxylic acids is 1. The van der Waals surface area contributed by atoms with Gasteiger partial charge in [-0.25, -0.2) is 0 Å². The van der Waals surface area contributed by atoms with Crippen molar-refractivity contribution in [3.05, 3.63) is 28.2 Å². The Morgan fingerprint density at radius 2 is 2.21 bits per heavy atom. The first kappa shape index (κ1) is 14.3. The monoisotopic (exact) mass is 326 g/mol. The summed E-state index contributed by atoms with van der Waals surface area (Å²) >= 11 is 3.33. The van der Waals surface area contributed by atoms with Crippen molar-refractivity contribution >= 4 is 27.5 Å². The highest BCUT2D eigenvalue weighted by Crippen LogP contribution is 2.27. The summed E-state index contributed by atoms with van der Waals surface area (Å²) in [5.74, 6) is 0.0114. The van der Waals surface area contributed by atoms with Crippen molar-refractivity contribution in [2.45, 2.75) is 31.7 Å². The molecule has 4 nitrogen and oxygen atoms in total. The van der Waals surface area contributed by atoms with E-state index in [-0.39, 0.29) is 12.5 Å². The Kier molecular flexibility index (Phi) is 4.82. The summed E-state index contributed by atoms with van der Waals surface area (Å²) < 4.78 is 0.801. The van der Waals surface area contributed by atoms with Gasteiger partial charge in [0, 0.05) is 34.9 Å². The molecule has 1 fully saturated rings. The number of benzene rings is 1. The molecular weight excluding hydrogens is 308 g/mol. The molecule has 0 unspecified atom stereocenters. The van der Waals surface area contributed by atoms with Crippen molar-refractivity contribution in [1.82, 2.24) is 4.90 Å². The van der Waals surface area contributed by atoms with E-state index in [9.17, 15) is 4.79 Å². The molecule has 0 aliphatic heterocycles. The number of rotatable bonds is 5. The molecule has 0 saturated heterocycles. The molecule has 2 rings (SSSR count). The third-order valence-electron chi connectivity index (χ3n) is 3.58. The van der Waals surface area contributed by atoms with E-state index in [1.807, 2.05) is 4.90 Å². The Labute approximate surface area is 121 Å². The summed E-state index contributed by atoms with van der Waals surface area (Å²) in [5, 5.41) is 8.96. The summed E-state index contributed by atoms with van der Waals surface area (Å²) in [4.78, 5) is 14.4. The number of amides is 1. The highest BCUT2D eigenvalue weighted by Gasteiger charge is 2.29. The SMILES string of the molecule is Nc1cc(C(=O)N(CCCO)C2CCC2)ccc1Br. The fraction of sp³-hybridized carbons (Fsp3) is 0.500. The zero-order valence-corrected chi connectivity index (χ0v) is 12.4. The number of hydrogen-bond acceptors (Lipinski definition) is 3. The number of hydrogen-bond donors (Lipinski definition) is 2. The van der Waals surface area contributed by atoms with Crippen LogP contribution in [-0.4, -0.2) is 35.1 Å². The quantitative estimate of drug-likeness (QED) is 0.816. The lowest BCUT2D eigenvalue weighted by Gasteiger charge is -2.37. The second kappa shape index (κ2) is 6.39. The minimum Gasteiger partial charge on any atom is -0.398 e. The van der Waals surface area contributed by atoms with Crippen LogP contribution in [0.1, 0.15) is 36.0 Å². The highest BCUT2D eigenvalue weighted by molar-refractivity contribution is 9.10. The van der Waals surface area contributed by atoms with Crippen LogP contribution in [0.2, 0.25) is 0 Å². The van der Waals surface area contributed by atoms with Crippen LogP contribution in [0.5, 0.6) is 0 Å². The van der Waals surface area contributed by atoms with Gasteiger partial charge < -0.3 is 15.7 Å². The van der Waals surface area contributed by atoms with Gasteiger partial charge in [0.1, 0.15) is 0 Å². The van der Waals surface area contributed by atoms with Gasteiger partial charge in [-0.05, 0) is 59.8 Å². The van der Waals surface area contributed by atoms with Crippen molar-refractivity contribution in [2.75, 3.05) is 18.9 Å². The van der Waals surface area contributed by atoms with E-state index in [1.54, 1.807) is 18.2 Å². The van der Waals surface area contributed by atoms with Crippen LogP contribution >= 0.6 is 15.9 Å². The van der Waals surface area contributed by atoms with E-state index in [1.165, 1.54) is 6.42 Å². The maximum atomic E-state index is 12.5. The van der Waals surface area contributed by atoms with Gasteiger partial charge in [-0.2, -0.15) is 0 Å². The Morgan fingerprint density at radius 1 is 1.47 bits per heavy atom. The first-order valence-corrected chi connectivity index (χ1v) is 7.39. The molecule has 3 N–H and O–H groups in total. The van der Waals surface area contributed by atoms with Crippen molar-refractivity contribution in [2.24, 2.45) is 0 Å². The molecule has 104 valence electrons. The number of anilines is 1. The Morgan fingerprint density at radius 3 is 2.74 bits per heavy atom. The summed E-state index contributed by atoms with van der Waals surface area (Å²) in [6.45, 7) is 0.717. The summed E-state index contributed by atoms with van der Waals surface area (Å²) in [6.07, 6.45) is 3.91. The molecule has 1 aromatic carbocycles. The van der Waals surface area contributed by atoms with E-state index >= 15 is 0 Å². The number of nitrogens with two attached hydrogens (primary N) is 1. The molecule has 0 heterocycles. The van der Waals surface area contributed by atoms with Gasteiger partial charge in [-0.15, -0.1) is 0 Å². The van der Waals surface area contributed by atoms with Crippen LogP contribution in [0.3, 0.4) is 0 Å². The van der Waals surface area contributed by atoms with Crippen LogP contribution in [0, 0.1) is 0 Å². The van der Waals surface area contributed by atoms with E-state index in [2.05, 4.69) is 15.9 Å². The zero-order chi connectivity index (χ0) is 13.8. The number of aliphatic hydroxyl groups excluding tert-OH is 1. The van der Waals surface area contributed by atoms with Gasteiger partial charge in [0.05, 0.1) is 0 Å². The molecule has 1 aliphatic rings. The predicted molar refractivity (Wildman–Crippen MR) is 78.9 cm³/mol. The smallest absolute Gasteiger partial charge is 0.254 e. The van der Waals surface area contributed by atoms with Crippen LogP contribution in [0.15, 0.2) is 22.7 Å². The van der Waals surface area contributed by atoms with Crippen molar-refractivity contribution in [1.29, 1.82) is 0 Å². The first-order chi connectivity index (χ1) is 9.13. The average molecular weight is 327 g/mol. The van der Waals surface area contributed by atoms with E-state index in [0.717, 1.165) is 17.3 Å². The highest BCUT2D eigenvalue weighted by atomic mass is 79.9. The van der Waals surface area contributed by atoms with Crippen LogP contribution in [0.4, 0.5) is 5.69 Å². The van der Waals surface area contributed by atoms with Crippen LogP contribution in [0.25, 0.3) is 0 Å². The third-order valence-corrected chi connectivity index (χ3v) is 4.30. The molecular formula is C14H19BrN2O2. The van der Waals surface area contributed by atoms with Gasteiger partial charge in [-0.3, -0.25) is 4.79 Å². The molecule has 0 bridgehead atoms. The fourth-order valence-corrected chi connectivity index (χ4v) is 2.48. The average Bonchev–Trinajstić information content (AvgIpc) is 2.34. The summed E-state index contributed by atoms with van der Waals surface area (Å²) in [6, 6.07) is 5.61. The standard InChI is InChI=1S/C14H19BrN2O2/c15-12-6-5-10(9-13(12)16)14(19)17(7-2-8-18)11-3-1-4-11/h5-6,9,11,18H,1-4,7-8,16H2. The molecule has 0 spiro atoms. The minimum absolute atomic E-state index is 0.0114. The summed E-state index contributed by atoms with van der Waals surface area (Å²) in [7, 11) is 0. The van der Waals surface area contributed by atoms with Crippen molar-refractivity contribution in [3.8, 4) is 0 Å². The number of nitrogens with zero attached hydrogens (tertiary/aromatic N) is 1. The molecule has 5 heteroatoms. The Bertz CT molecular complexity index is 461. The lowest BCUT2D eigenvalue weighted by Crippen LogP contribution is -2.45. The molecule has 0 aromatic heterocycles. The normalized spacial score (nSPS) is 15.1.